The summed E-state index contributed by atoms with van der Waals surface area (Å²) in [5.74, 6) is -4.17. The summed E-state index contributed by atoms with van der Waals surface area (Å²) in [6, 6.07) is 9.79. The molecule has 0 aliphatic rings. The number of para-hydroxylation sites is 2. The van der Waals surface area contributed by atoms with Crippen LogP contribution >= 0.6 is 0 Å². The van der Waals surface area contributed by atoms with E-state index >= 15 is 0 Å². The number of carbonyl (C=O) groups is 2. The first-order chi connectivity index (χ1) is 12.8. The number of hydrogen-bond acceptors (Lipinski definition) is 10. The van der Waals surface area contributed by atoms with Crippen LogP contribution in [-0.4, -0.2) is 37.9 Å². The molecular formula is C14H10CuO12S2. The fourth-order valence-electron chi connectivity index (χ4n) is 1.64. The Kier molecular flexibility index (Phi) is 9.76. The molecule has 0 unspecified atom stereocenters. The first-order valence-corrected chi connectivity index (χ1v) is 9.47. The number of rotatable bonds is 6. The Morgan fingerprint density at radius 3 is 1.21 bits per heavy atom. The molecule has 0 aromatic heterocycles. The van der Waals surface area contributed by atoms with E-state index in [9.17, 15) is 36.6 Å². The van der Waals surface area contributed by atoms with Crippen LogP contribution in [0.15, 0.2) is 48.5 Å². The molecule has 0 bridgehead atoms. The average Bonchev–Trinajstić information content (AvgIpc) is 2.53. The first kappa shape index (κ1) is 26.3. The smallest absolute Gasteiger partial charge is 0.545 e. The summed E-state index contributed by atoms with van der Waals surface area (Å²) < 4.78 is 65.8. The van der Waals surface area contributed by atoms with E-state index in [0.717, 1.165) is 24.3 Å². The minimum absolute atomic E-state index is 0. The van der Waals surface area contributed by atoms with Crippen molar-refractivity contribution >= 4 is 32.7 Å². The predicted octanol–water partition coefficient (Wildman–Crippen LogP) is -1.54. The van der Waals surface area contributed by atoms with Crippen LogP contribution in [0.2, 0.25) is 0 Å². The van der Waals surface area contributed by atoms with Crippen molar-refractivity contribution in [2.24, 2.45) is 0 Å². The van der Waals surface area contributed by atoms with E-state index in [2.05, 4.69) is 8.37 Å². The SMILES string of the molecule is O=C([O-])c1ccccc1OS(=O)(=O)O.O=C([O-])c1ccccc1OS(=O)(=O)O.[Cu+2]. The Bertz CT molecular complexity index is 992. The van der Waals surface area contributed by atoms with E-state index in [1.807, 2.05) is 0 Å². The second-order valence-electron chi connectivity index (χ2n) is 4.59. The Morgan fingerprint density at radius 1 is 0.690 bits per heavy atom. The molecule has 0 aliphatic heterocycles. The molecule has 0 amide bonds. The molecule has 0 fully saturated rings. The van der Waals surface area contributed by atoms with Gasteiger partial charge in [0.1, 0.15) is 0 Å². The van der Waals surface area contributed by atoms with Crippen molar-refractivity contribution in [1.82, 2.24) is 0 Å². The number of hydrogen-bond donors (Lipinski definition) is 2. The largest absolute Gasteiger partial charge is 2.00 e. The van der Waals surface area contributed by atoms with Gasteiger partial charge < -0.3 is 28.2 Å². The summed E-state index contributed by atoms with van der Waals surface area (Å²) in [4.78, 5) is 20.9. The summed E-state index contributed by atoms with van der Waals surface area (Å²) >= 11 is 0. The van der Waals surface area contributed by atoms with Crippen LogP contribution < -0.4 is 18.6 Å². The molecule has 0 saturated heterocycles. The van der Waals surface area contributed by atoms with Crippen LogP contribution in [0.25, 0.3) is 0 Å². The standard InChI is InChI=1S/2C7H6O6S.Cu/c2*8-7(9)5-3-1-2-4-6(5)13-14(10,11)12;/h2*1-4H,(H,8,9)(H,10,11,12);/q;;+2/p-2. The average molecular weight is 498 g/mol. The van der Waals surface area contributed by atoms with Gasteiger partial charge in [0, 0.05) is 11.1 Å². The molecule has 2 N–H and O–H groups in total. The number of carboxylic acid groups (broad SMARTS) is 2. The van der Waals surface area contributed by atoms with Gasteiger partial charge in [-0.15, -0.1) is 0 Å². The maximum Gasteiger partial charge on any atom is 2.00 e. The van der Waals surface area contributed by atoms with Gasteiger partial charge in [-0.05, 0) is 24.3 Å². The molecule has 2 rings (SSSR count). The van der Waals surface area contributed by atoms with E-state index in [1.165, 1.54) is 24.3 Å². The van der Waals surface area contributed by atoms with Crippen LogP contribution in [0.1, 0.15) is 20.7 Å². The fourth-order valence-corrected chi connectivity index (χ4v) is 2.39. The predicted molar refractivity (Wildman–Crippen MR) is 85.9 cm³/mol. The third-order valence-electron chi connectivity index (χ3n) is 2.60. The van der Waals surface area contributed by atoms with Gasteiger partial charge in [0.15, 0.2) is 11.5 Å². The van der Waals surface area contributed by atoms with E-state index in [1.54, 1.807) is 0 Å². The number of carboxylic acids is 2. The van der Waals surface area contributed by atoms with Crippen molar-refractivity contribution < 1.29 is 71.2 Å². The van der Waals surface area contributed by atoms with Crippen LogP contribution in [0, 0.1) is 0 Å². The molecule has 2 aromatic rings. The second-order valence-corrected chi connectivity index (χ2v) is 6.63. The minimum Gasteiger partial charge on any atom is -0.545 e. The Balaban J connectivity index is 0.000000523. The third-order valence-corrected chi connectivity index (χ3v) is 3.38. The summed E-state index contributed by atoms with van der Waals surface area (Å²) in [7, 11) is -9.45. The molecule has 1 radical (unpaired) electrons. The maximum absolute atomic E-state index is 10.4. The fraction of sp³-hybridized carbons (Fsp3) is 0. The van der Waals surface area contributed by atoms with E-state index in [0.29, 0.717) is 0 Å². The number of carbonyl (C=O) groups excluding carboxylic acids is 2. The van der Waals surface area contributed by atoms with Gasteiger partial charge in [-0.2, -0.15) is 16.8 Å². The van der Waals surface area contributed by atoms with Crippen LogP contribution in [0.3, 0.4) is 0 Å². The van der Waals surface area contributed by atoms with Gasteiger partial charge in [-0.1, -0.05) is 24.3 Å². The third kappa shape index (κ3) is 9.89. The monoisotopic (exact) mass is 497 g/mol. The molecule has 0 aliphatic carbocycles. The van der Waals surface area contributed by atoms with E-state index in [4.69, 9.17) is 9.11 Å². The maximum atomic E-state index is 10.4. The summed E-state index contributed by atoms with van der Waals surface area (Å²) in [5, 5.41) is 20.9. The van der Waals surface area contributed by atoms with Gasteiger partial charge in [0.2, 0.25) is 0 Å². The van der Waals surface area contributed by atoms with Crippen LogP contribution in [0.4, 0.5) is 0 Å². The summed E-state index contributed by atoms with van der Waals surface area (Å²) in [5.41, 5.74) is -0.907. The summed E-state index contributed by atoms with van der Waals surface area (Å²) in [6.07, 6.45) is 0. The Morgan fingerprint density at radius 2 is 0.966 bits per heavy atom. The number of benzene rings is 2. The molecule has 161 valence electrons. The van der Waals surface area contributed by atoms with Crippen LogP contribution in [-0.2, 0) is 37.9 Å². The van der Waals surface area contributed by atoms with Crippen molar-refractivity contribution in [3.8, 4) is 11.5 Å². The molecule has 15 heteroatoms. The Labute approximate surface area is 175 Å². The zero-order valence-corrected chi connectivity index (χ0v) is 16.3. The van der Waals surface area contributed by atoms with Gasteiger partial charge >= 0.3 is 37.9 Å². The van der Waals surface area contributed by atoms with Crippen LogP contribution in [0.5, 0.6) is 11.5 Å². The molecule has 0 saturated carbocycles. The molecule has 29 heavy (non-hydrogen) atoms. The second kappa shape index (κ2) is 10.8. The molecule has 2 aromatic carbocycles. The van der Waals surface area contributed by atoms with Gasteiger partial charge in [0.05, 0.1) is 11.9 Å². The zero-order valence-electron chi connectivity index (χ0n) is 13.7. The summed E-state index contributed by atoms with van der Waals surface area (Å²) in [6.45, 7) is 0. The van der Waals surface area contributed by atoms with Gasteiger partial charge in [0.25, 0.3) is 0 Å². The molecule has 12 nitrogen and oxygen atoms in total. The quantitative estimate of drug-likeness (QED) is 0.343. The normalized spacial score (nSPS) is 10.6. The minimum atomic E-state index is -4.72. The van der Waals surface area contributed by atoms with Gasteiger partial charge in [-0.25, -0.2) is 0 Å². The van der Waals surface area contributed by atoms with Crippen molar-refractivity contribution in [2.45, 2.75) is 0 Å². The van der Waals surface area contributed by atoms with Crippen molar-refractivity contribution in [1.29, 1.82) is 0 Å². The van der Waals surface area contributed by atoms with Crippen molar-refractivity contribution in [2.75, 3.05) is 0 Å². The topological polar surface area (TPSA) is 207 Å². The van der Waals surface area contributed by atoms with Crippen molar-refractivity contribution in [3.05, 3.63) is 59.7 Å². The molecule has 0 heterocycles. The molecular weight excluding hydrogens is 488 g/mol. The first-order valence-electron chi connectivity index (χ1n) is 6.74. The van der Waals surface area contributed by atoms with E-state index < -0.39 is 55.4 Å². The van der Waals surface area contributed by atoms with E-state index in [-0.39, 0.29) is 17.1 Å². The Hall–Kier alpha value is -2.68. The molecule has 0 atom stereocenters. The molecule has 0 spiro atoms. The van der Waals surface area contributed by atoms with Gasteiger partial charge in [-0.3, -0.25) is 9.11 Å². The zero-order chi connectivity index (χ0) is 21.5. The number of aromatic carboxylic acids is 2. The van der Waals surface area contributed by atoms with Crippen molar-refractivity contribution in [3.63, 3.8) is 0 Å².